The fourth-order valence-corrected chi connectivity index (χ4v) is 2.45. The molecule has 1 aliphatic heterocycles. The van der Waals surface area contributed by atoms with E-state index in [9.17, 15) is 25.3 Å². The number of furan rings is 1. The van der Waals surface area contributed by atoms with E-state index in [1.165, 1.54) is 29.5 Å². The Morgan fingerprint density at radius 1 is 1.15 bits per heavy atom. The third-order valence-electron chi connectivity index (χ3n) is 3.68. The molecule has 1 aliphatic rings. The Bertz CT molecular complexity index is 930. The lowest BCUT2D eigenvalue weighted by molar-refractivity contribution is -0.393. The largest absolute Gasteiger partial charge is 0.465 e. The molecule has 0 radical (unpaired) electrons. The summed E-state index contributed by atoms with van der Waals surface area (Å²) < 4.78 is 5.17. The Labute approximate surface area is 147 Å². The average Bonchev–Trinajstić information content (AvgIpc) is 3.13. The van der Waals surface area contributed by atoms with Gasteiger partial charge in [-0.1, -0.05) is 6.08 Å². The van der Waals surface area contributed by atoms with Gasteiger partial charge in [0.1, 0.15) is 11.4 Å². The van der Waals surface area contributed by atoms with Gasteiger partial charge in [0.2, 0.25) is 0 Å². The van der Waals surface area contributed by atoms with Crippen LogP contribution in [0.1, 0.15) is 5.76 Å². The Morgan fingerprint density at radius 3 is 2.58 bits per heavy atom. The van der Waals surface area contributed by atoms with Crippen LogP contribution in [0.2, 0.25) is 0 Å². The number of nitro benzene ring substituents is 2. The van der Waals surface area contributed by atoms with Gasteiger partial charge in [0.05, 0.1) is 22.2 Å². The van der Waals surface area contributed by atoms with Crippen molar-refractivity contribution < 1.29 is 19.4 Å². The zero-order chi connectivity index (χ0) is 18.7. The predicted molar refractivity (Wildman–Crippen MR) is 93.2 cm³/mol. The number of nitro groups is 2. The lowest BCUT2D eigenvalue weighted by Crippen LogP contribution is -2.31. The van der Waals surface area contributed by atoms with Gasteiger partial charge < -0.3 is 14.4 Å². The quantitative estimate of drug-likeness (QED) is 0.644. The molecule has 26 heavy (non-hydrogen) atoms. The van der Waals surface area contributed by atoms with Gasteiger partial charge in [-0.2, -0.15) is 0 Å². The van der Waals surface area contributed by atoms with E-state index in [1.807, 2.05) is 0 Å². The summed E-state index contributed by atoms with van der Waals surface area (Å²) in [5, 5.41) is 32.4. The number of rotatable bonds is 5. The minimum Gasteiger partial charge on any atom is -0.465 e. The maximum absolute atomic E-state index is 11.3. The number of aliphatic hydroxyl groups is 1. The molecular weight excluding hydrogens is 342 g/mol. The third-order valence-corrected chi connectivity index (χ3v) is 3.68. The van der Waals surface area contributed by atoms with Crippen LogP contribution in [0.5, 0.6) is 0 Å². The number of nitrogens with zero attached hydrogens (tertiary/aromatic N) is 3. The third kappa shape index (κ3) is 3.52. The van der Waals surface area contributed by atoms with E-state index in [2.05, 4.69) is 0 Å². The fourth-order valence-electron chi connectivity index (χ4n) is 2.45. The monoisotopic (exact) mass is 355 g/mol. The zero-order valence-corrected chi connectivity index (χ0v) is 13.3. The average molecular weight is 355 g/mol. The Kier molecular flexibility index (Phi) is 4.63. The molecule has 0 bridgehead atoms. The lowest BCUT2D eigenvalue weighted by Gasteiger charge is -2.27. The highest BCUT2D eigenvalue weighted by Crippen LogP contribution is 2.34. The van der Waals surface area contributed by atoms with Crippen LogP contribution >= 0.6 is 0 Å². The van der Waals surface area contributed by atoms with Crippen molar-refractivity contribution in [2.24, 2.45) is 0 Å². The number of anilines is 1. The standard InChI is InChI=1S/C17H13N3O6/c21-17-10-12(3-5-14-2-1-9-26-14)7-8-18(17)15-6-4-13(19(22)23)11-16(15)20(24)25/h1-11,17,21H. The van der Waals surface area contributed by atoms with Gasteiger partial charge in [-0.15, -0.1) is 0 Å². The second kappa shape index (κ2) is 7.03. The van der Waals surface area contributed by atoms with Crippen molar-refractivity contribution in [2.45, 2.75) is 6.23 Å². The van der Waals surface area contributed by atoms with Crippen molar-refractivity contribution in [2.75, 3.05) is 4.90 Å². The van der Waals surface area contributed by atoms with E-state index in [-0.39, 0.29) is 5.69 Å². The summed E-state index contributed by atoms with van der Waals surface area (Å²) in [5.74, 6) is 0.641. The first-order valence-electron chi connectivity index (χ1n) is 7.46. The Morgan fingerprint density at radius 2 is 1.96 bits per heavy atom. The molecule has 3 rings (SSSR count). The molecule has 0 amide bonds. The molecular formula is C17H13N3O6. The number of hydrogen-bond donors (Lipinski definition) is 1. The Balaban J connectivity index is 1.87. The second-order valence-electron chi connectivity index (χ2n) is 5.34. The van der Waals surface area contributed by atoms with Crippen LogP contribution in [0.3, 0.4) is 0 Å². The lowest BCUT2D eigenvalue weighted by atomic mass is 10.1. The van der Waals surface area contributed by atoms with Gasteiger partial charge in [-0.05, 0) is 42.0 Å². The second-order valence-corrected chi connectivity index (χ2v) is 5.34. The normalized spacial score (nSPS) is 16.7. The van der Waals surface area contributed by atoms with Crippen molar-refractivity contribution in [1.82, 2.24) is 0 Å². The predicted octanol–water partition coefficient (Wildman–Crippen LogP) is 3.39. The molecule has 0 saturated heterocycles. The summed E-state index contributed by atoms with van der Waals surface area (Å²) in [7, 11) is 0. The van der Waals surface area contributed by atoms with E-state index in [4.69, 9.17) is 4.42 Å². The summed E-state index contributed by atoms with van der Waals surface area (Å²) in [4.78, 5) is 21.9. The summed E-state index contributed by atoms with van der Waals surface area (Å²) in [6, 6.07) is 6.77. The van der Waals surface area contributed by atoms with Gasteiger partial charge in [-0.25, -0.2) is 0 Å². The number of benzene rings is 1. The van der Waals surface area contributed by atoms with Crippen molar-refractivity contribution in [3.05, 3.63) is 92.6 Å². The first-order valence-corrected chi connectivity index (χ1v) is 7.46. The van der Waals surface area contributed by atoms with Crippen molar-refractivity contribution >= 4 is 23.1 Å². The zero-order valence-electron chi connectivity index (χ0n) is 13.3. The molecule has 1 aromatic carbocycles. The maximum Gasteiger partial charge on any atom is 0.299 e. The molecule has 1 atom stereocenters. The number of aliphatic hydroxyl groups excluding tert-OH is 1. The minimum atomic E-state index is -1.17. The van der Waals surface area contributed by atoms with Crippen molar-refractivity contribution in [3.63, 3.8) is 0 Å². The van der Waals surface area contributed by atoms with E-state index in [0.29, 0.717) is 11.3 Å². The van der Waals surface area contributed by atoms with Crippen molar-refractivity contribution in [3.8, 4) is 0 Å². The van der Waals surface area contributed by atoms with Gasteiger partial charge in [0.25, 0.3) is 11.4 Å². The van der Waals surface area contributed by atoms with Gasteiger partial charge in [-0.3, -0.25) is 20.2 Å². The molecule has 0 fully saturated rings. The van der Waals surface area contributed by atoms with E-state index >= 15 is 0 Å². The van der Waals surface area contributed by atoms with E-state index in [0.717, 1.165) is 12.1 Å². The number of non-ortho nitro benzene ring substituents is 1. The molecule has 0 spiro atoms. The van der Waals surface area contributed by atoms with Crippen molar-refractivity contribution in [1.29, 1.82) is 0 Å². The summed E-state index contributed by atoms with van der Waals surface area (Å²) in [6.07, 6.45) is 8.42. The smallest absolute Gasteiger partial charge is 0.299 e. The summed E-state index contributed by atoms with van der Waals surface area (Å²) >= 11 is 0. The maximum atomic E-state index is 11.3. The molecule has 2 heterocycles. The molecule has 2 aromatic rings. The molecule has 9 heteroatoms. The molecule has 0 aliphatic carbocycles. The molecule has 1 aromatic heterocycles. The number of allylic oxidation sites excluding steroid dienone is 3. The van der Waals surface area contributed by atoms with Crippen LogP contribution in [0.4, 0.5) is 17.1 Å². The van der Waals surface area contributed by atoms with Gasteiger partial charge >= 0.3 is 0 Å². The molecule has 1 N–H and O–H groups in total. The van der Waals surface area contributed by atoms with Crippen LogP contribution in [-0.2, 0) is 0 Å². The van der Waals surface area contributed by atoms with Crippen LogP contribution in [0.25, 0.3) is 6.08 Å². The SMILES string of the molecule is O=[N+]([O-])c1ccc(N2C=CC(C=Cc3ccco3)=CC2O)c([N+](=O)[O-])c1. The molecule has 9 nitrogen and oxygen atoms in total. The highest BCUT2D eigenvalue weighted by atomic mass is 16.6. The number of hydrogen-bond acceptors (Lipinski definition) is 7. The fraction of sp³-hybridized carbons (Fsp3) is 0.0588. The first kappa shape index (κ1) is 17.1. The molecule has 132 valence electrons. The molecule has 0 saturated carbocycles. The van der Waals surface area contributed by atoms with Crippen LogP contribution in [-0.4, -0.2) is 21.2 Å². The highest BCUT2D eigenvalue weighted by molar-refractivity contribution is 5.70. The van der Waals surface area contributed by atoms with Crippen LogP contribution < -0.4 is 4.90 Å². The van der Waals surface area contributed by atoms with E-state index < -0.39 is 27.4 Å². The molecule has 1 unspecified atom stereocenters. The van der Waals surface area contributed by atoms with Crippen LogP contribution in [0, 0.1) is 20.2 Å². The van der Waals surface area contributed by atoms with Crippen LogP contribution in [0.15, 0.2) is 71.0 Å². The highest BCUT2D eigenvalue weighted by Gasteiger charge is 2.26. The first-order chi connectivity index (χ1) is 12.5. The summed E-state index contributed by atoms with van der Waals surface area (Å²) in [5.41, 5.74) is -0.135. The minimum absolute atomic E-state index is 0.0506. The Hall–Kier alpha value is -3.72. The van der Waals surface area contributed by atoms with Gasteiger partial charge in [0, 0.05) is 12.3 Å². The topological polar surface area (TPSA) is 123 Å². The van der Waals surface area contributed by atoms with Gasteiger partial charge in [0.15, 0.2) is 6.23 Å². The summed E-state index contributed by atoms with van der Waals surface area (Å²) in [6.45, 7) is 0. The van der Waals surface area contributed by atoms with E-state index in [1.54, 1.807) is 30.4 Å².